The fraction of sp³-hybridized carbons (Fsp3) is 0.333. The number of carbonyl (C=O) groups is 3. The van der Waals surface area contributed by atoms with Crippen molar-refractivity contribution in [2.75, 3.05) is 6.61 Å². The average Bonchev–Trinajstić information content (AvgIpc) is 3.40. The number of pyridine rings is 1. The van der Waals surface area contributed by atoms with Gasteiger partial charge in [-0.1, -0.05) is 31.2 Å². The molecule has 1 aliphatic heterocycles. The number of rotatable bonds is 10. The molecule has 1 amide bonds. The maximum atomic E-state index is 14.1. The lowest BCUT2D eigenvalue weighted by molar-refractivity contribution is -0.157. The van der Waals surface area contributed by atoms with Crippen molar-refractivity contribution in [1.82, 2.24) is 15.8 Å². The molecule has 0 aliphatic carbocycles. The van der Waals surface area contributed by atoms with Crippen LogP contribution in [0, 0.1) is 23.3 Å². The topological polar surface area (TPSA) is 116 Å². The Kier molecular flexibility index (Phi) is 9.04. The molecule has 1 unspecified atom stereocenters. The fourth-order valence-electron chi connectivity index (χ4n) is 4.33. The van der Waals surface area contributed by atoms with E-state index in [0.717, 1.165) is 10.8 Å². The summed E-state index contributed by atoms with van der Waals surface area (Å²) in [6, 6.07) is 7.60. The van der Waals surface area contributed by atoms with Crippen molar-refractivity contribution >= 4 is 34.1 Å². The van der Waals surface area contributed by atoms with Crippen molar-refractivity contribution < 1.29 is 46.3 Å². The number of hydrogen-bond donors (Lipinski definition) is 2. The zero-order valence-corrected chi connectivity index (χ0v) is 23.7. The number of esters is 1. The summed E-state index contributed by atoms with van der Waals surface area (Å²) < 4.78 is 65.4. The lowest BCUT2D eigenvalue weighted by Crippen LogP contribution is -2.53. The third kappa shape index (κ3) is 6.94. The molecule has 2 heterocycles. The van der Waals surface area contributed by atoms with Crippen LogP contribution >= 0.6 is 0 Å². The van der Waals surface area contributed by atoms with Crippen molar-refractivity contribution in [3.8, 4) is 5.75 Å². The molecule has 0 spiro atoms. The van der Waals surface area contributed by atoms with Crippen LogP contribution < -0.4 is 15.5 Å². The summed E-state index contributed by atoms with van der Waals surface area (Å²) in [7, 11) is 0. The number of hydrogen-bond acceptors (Lipinski definition) is 8. The van der Waals surface area contributed by atoms with Gasteiger partial charge in [-0.15, -0.1) is 0 Å². The van der Waals surface area contributed by atoms with Gasteiger partial charge in [0, 0.05) is 17.6 Å². The Balaban J connectivity index is 1.59. The highest BCUT2D eigenvalue weighted by atomic mass is 19.2. The third-order valence-corrected chi connectivity index (χ3v) is 6.47. The summed E-state index contributed by atoms with van der Waals surface area (Å²) in [5, 5.41) is 4.10. The summed E-state index contributed by atoms with van der Waals surface area (Å²) in [5.74, 6) is -11.4. The molecule has 2 N–H and O–H groups in total. The number of Topliss-reactive ketones (excluding diaryl/α,β-unsaturated/α-hetero) is 1. The van der Waals surface area contributed by atoms with Crippen molar-refractivity contribution in [2.45, 2.75) is 57.8 Å². The summed E-state index contributed by atoms with van der Waals surface area (Å²) >= 11 is 0. The molecule has 3 aromatic rings. The number of nitrogens with zero attached hydrogens (tertiary/aromatic N) is 1. The molecule has 2 atom stereocenters. The van der Waals surface area contributed by atoms with Gasteiger partial charge in [0.15, 0.2) is 28.8 Å². The van der Waals surface area contributed by atoms with E-state index in [4.69, 9.17) is 14.3 Å². The van der Waals surface area contributed by atoms with Gasteiger partial charge in [0.2, 0.25) is 11.6 Å². The van der Waals surface area contributed by atoms with Crippen LogP contribution in [0.3, 0.4) is 0 Å². The minimum absolute atomic E-state index is 0.0136. The molecule has 1 aromatic heterocycles. The smallest absolute Gasteiger partial charge is 0.308 e. The lowest BCUT2D eigenvalue weighted by atomic mass is 9.96. The number of nitrogens with one attached hydrogen (secondary N) is 2. The first kappa shape index (κ1) is 31.4. The Morgan fingerprint density at radius 3 is 2.40 bits per heavy atom. The van der Waals surface area contributed by atoms with Crippen LogP contribution in [0.25, 0.3) is 16.5 Å². The minimum atomic E-state index is -1.85. The number of aromatic nitrogens is 1. The number of amides is 1. The molecule has 2 aromatic carbocycles. The number of fused-ring (bicyclic) bond motifs is 1. The normalized spacial score (nSPS) is 17.2. The molecular weight excluding hydrogens is 574 g/mol. The molecule has 9 nitrogen and oxygen atoms in total. The quantitative estimate of drug-likeness (QED) is 0.195. The number of benzene rings is 2. The molecule has 0 bridgehead atoms. The highest BCUT2D eigenvalue weighted by Gasteiger charge is 2.44. The first-order chi connectivity index (χ1) is 20.2. The average molecular weight is 604 g/mol. The Labute approximate surface area is 244 Å². The summed E-state index contributed by atoms with van der Waals surface area (Å²) in [5.41, 5.74) is 0.994. The molecule has 4 rings (SSSR count). The molecule has 0 fully saturated rings. The van der Waals surface area contributed by atoms with E-state index in [0.29, 0.717) is 11.4 Å². The van der Waals surface area contributed by atoms with Crippen LogP contribution in [0.5, 0.6) is 5.75 Å². The van der Waals surface area contributed by atoms with Gasteiger partial charge >= 0.3 is 5.97 Å². The zero-order chi connectivity index (χ0) is 31.5. The van der Waals surface area contributed by atoms with Gasteiger partial charge in [0.05, 0.1) is 17.8 Å². The second kappa shape index (κ2) is 12.4. The van der Waals surface area contributed by atoms with E-state index in [-0.39, 0.29) is 12.5 Å². The van der Waals surface area contributed by atoms with Gasteiger partial charge in [0.1, 0.15) is 18.2 Å². The second-order valence-corrected chi connectivity index (χ2v) is 10.8. The van der Waals surface area contributed by atoms with E-state index in [2.05, 4.69) is 15.8 Å². The van der Waals surface area contributed by atoms with Crippen LogP contribution in [0.1, 0.15) is 46.2 Å². The van der Waals surface area contributed by atoms with Crippen LogP contribution in [-0.2, 0) is 24.0 Å². The SMILES string of the molecule is CCC1(C(=O)N[C@@H](CC(=O)OC(C)(C)C)C(=O)COc2c(F)c(F)cc(F)c2F)C=C(c2nccc3ccccc23)NO1. The van der Waals surface area contributed by atoms with E-state index in [1.165, 1.54) is 6.08 Å². The fourth-order valence-corrected chi connectivity index (χ4v) is 4.33. The van der Waals surface area contributed by atoms with Crippen LogP contribution in [0.4, 0.5) is 17.6 Å². The highest BCUT2D eigenvalue weighted by molar-refractivity contribution is 5.98. The standard InChI is InChI=1S/C30H29F4N3O6/c1-5-30(14-21(37-43-30)26-17-9-7-6-8-16(17)10-11-35-26)28(40)36-20(13-23(39)42-29(2,3)4)22(38)15-41-27-24(33)18(31)12-19(32)25(27)34/h6-12,14,20,37H,5,13,15H2,1-4H3,(H,36,40)/t20-,30?/m0/s1. The van der Waals surface area contributed by atoms with E-state index in [9.17, 15) is 31.9 Å². The number of hydroxylamine groups is 1. The molecule has 13 heteroatoms. The number of halogens is 4. The minimum Gasteiger partial charge on any atom is -0.479 e. The number of ketones is 1. The van der Waals surface area contributed by atoms with Gasteiger partial charge in [-0.25, -0.2) is 8.78 Å². The van der Waals surface area contributed by atoms with Gasteiger partial charge in [-0.05, 0) is 44.7 Å². The third-order valence-electron chi connectivity index (χ3n) is 6.47. The van der Waals surface area contributed by atoms with Gasteiger partial charge in [-0.3, -0.25) is 29.7 Å². The van der Waals surface area contributed by atoms with E-state index in [1.807, 2.05) is 30.3 Å². The maximum absolute atomic E-state index is 14.1. The van der Waals surface area contributed by atoms with Crippen LogP contribution in [0.15, 0.2) is 48.7 Å². The van der Waals surface area contributed by atoms with Crippen molar-refractivity contribution in [2.24, 2.45) is 0 Å². The second-order valence-electron chi connectivity index (χ2n) is 10.8. The van der Waals surface area contributed by atoms with Crippen LogP contribution in [0.2, 0.25) is 0 Å². The molecule has 0 saturated heterocycles. The van der Waals surface area contributed by atoms with Crippen LogP contribution in [-0.4, -0.2) is 46.5 Å². The van der Waals surface area contributed by atoms with Gasteiger partial charge in [0.25, 0.3) is 5.91 Å². The molecule has 43 heavy (non-hydrogen) atoms. The largest absolute Gasteiger partial charge is 0.479 e. The monoisotopic (exact) mass is 603 g/mol. The predicted molar refractivity (Wildman–Crippen MR) is 146 cm³/mol. The number of carbonyl (C=O) groups excluding carboxylic acids is 3. The highest BCUT2D eigenvalue weighted by Crippen LogP contribution is 2.32. The number of ether oxygens (including phenoxy) is 2. The summed E-state index contributed by atoms with van der Waals surface area (Å²) in [6.45, 7) is 5.26. The van der Waals surface area contributed by atoms with Crippen molar-refractivity contribution in [3.63, 3.8) is 0 Å². The van der Waals surface area contributed by atoms with Gasteiger partial charge in [-0.2, -0.15) is 8.78 Å². The molecule has 1 aliphatic rings. The van der Waals surface area contributed by atoms with E-state index in [1.54, 1.807) is 33.9 Å². The lowest BCUT2D eigenvalue weighted by Gasteiger charge is -2.27. The first-order valence-electron chi connectivity index (χ1n) is 13.3. The molecule has 0 radical (unpaired) electrons. The summed E-state index contributed by atoms with van der Waals surface area (Å²) in [4.78, 5) is 49.4. The predicted octanol–water partition coefficient (Wildman–Crippen LogP) is 4.68. The first-order valence-corrected chi connectivity index (χ1v) is 13.3. The van der Waals surface area contributed by atoms with E-state index < -0.39 is 76.9 Å². The molecular formula is C30H29F4N3O6. The van der Waals surface area contributed by atoms with E-state index >= 15 is 0 Å². The maximum Gasteiger partial charge on any atom is 0.308 e. The Morgan fingerprint density at radius 2 is 1.74 bits per heavy atom. The van der Waals surface area contributed by atoms with Crippen molar-refractivity contribution in [1.29, 1.82) is 0 Å². The molecule has 0 saturated carbocycles. The zero-order valence-electron chi connectivity index (χ0n) is 23.7. The Morgan fingerprint density at radius 1 is 1.07 bits per heavy atom. The van der Waals surface area contributed by atoms with Crippen molar-refractivity contribution in [3.05, 3.63) is 77.6 Å². The Hall–Kier alpha value is -4.52. The Bertz CT molecular complexity index is 1580. The molecule has 228 valence electrons. The summed E-state index contributed by atoms with van der Waals surface area (Å²) in [6.07, 6.45) is 2.46. The van der Waals surface area contributed by atoms with Gasteiger partial charge < -0.3 is 14.8 Å².